The molecule has 0 saturated heterocycles. The van der Waals surface area contributed by atoms with Gasteiger partial charge in [0.05, 0.1) is 11.1 Å². The van der Waals surface area contributed by atoms with Crippen LogP contribution in [0, 0.1) is 13.8 Å². The van der Waals surface area contributed by atoms with Crippen LogP contribution >= 0.6 is 12.2 Å². The van der Waals surface area contributed by atoms with Crippen molar-refractivity contribution >= 4 is 40.7 Å². The number of carbonyl (C=O) groups excluding carboxylic acids is 3. The number of anilines is 1. The number of benzene rings is 2. The van der Waals surface area contributed by atoms with E-state index in [1.165, 1.54) is 0 Å². The fraction of sp³-hybridized carbons (Fsp3) is 0.158. The number of hydrogen-bond acceptors (Lipinski definition) is 4. The predicted molar refractivity (Wildman–Crippen MR) is 102 cm³/mol. The average Bonchev–Trinajstić information content (AvgIpc) is 2.83. The van der Waals surface area contributed by atoms with E-state index >= 15 is 0 Å². The molecule has 0 fully saturated rings. The topological polar surface area (TPSA) is 78.5 Å². The fourth-order valence-corrected chi connectivity index (χ4v) is 2.94. The summed E-state index contributed by atoms with van der Waals surface area (Å²) in [5.74, 6) is -1.49. The van der Waals surface area contributed by atoms with E-state index in [0.29, 0.717) is 11.1 Å². The van der Waals surface area contributed by atoms with Crippen LogP contribution in [-0.2, 0) is 4.79 Å². The molecule has 1 aliphatic rings. The molecule has 26 heavy (non-hydrogen) atoms. The lowest BCUT2D eigenvalue weighted by Gasteiger charge is -2.15. The number of rotatable bonds is 3. The average molecular weight is 367 g/mol. The van der Waals surface area contributed by atoms with Gasteiger partial charge in [0.25, 0.3) is 11.8 Å². The Kier molecular flexibility index (Phi) is 4.81. The molecule has 2 N–H and O–H groups in total. The number of hydrogen-bond donors (Lipinski definition) is 2. The zero-order valence-electron chi connectivity index (χ0n) is 14.3. The minimum atomic E-state index is -0.540. The maximum Gasteiger partial charge on any atom is 0.262 e. The molecule has 2 aromatic rings. The van der Waals surface area contributed by atoms with Crippen LogP contribution < -0.4 is 10.6 Å². The first-order chi connectivity index (χ1) is 12.4. The second kappa shape index (κ2) is 7.05. The Morgan fingerprint density at radius 2 is 1.65 bits per heavy atom. The molecule has 132 valence electrons. The van der Waals surface area contributed by atoms with Gasteiger partial charge in [-0.15, -0.1) is 0 Å². The van der Waals surface area contributed by atoms with Crippen LogP contribution in [0.2, 0.25) is 0 Å². The third kappa shape index (κ3) is 3.48. The summed E-state index contributed by atoms with van der Waals surface area (Å²) in [6, 6.07) is 12.3. The van der Waals surface area contributed by atoms with Crippen molar-refractivity contribution in [3.8, 4) is 0 Å². The zero-order valence-corrected chi connectivity index (χ0v) is 15.1. The molecule has 0 atom stereocenters. The number of nitrogens with one attached hydrogen (secondary N) is 2. The molecule has 3 amide bonds. The van der Waals surface area contributed by atoms with E-state index in [9.17, 15) is 14.4 Å². The van der Waals surface area contributed by atoms with Crippen molar-refractivity contribution in [2.24, 2.45) is 0 Å². The number of thiocarbonyl (C=S) groups is 1. The van der Waals surface area contributed by atoms with Crippen LogP contribution in [0.4, 0.5) is 5.69 Å². The summed E-state index contributed by atoms with van der Waals surface area (Å²) in [6.07, 6.45) is 0. The van der Waals surface area contributed by atoms with Gasteiger partial charge in [-0.25, -0.2) is 0 Å². The number of amides is 3. The van der Waals surface area contributed by atoms with Crippen molar-refractivity contribution < 1.29 is 14.4 Å². The van der Waals surface area contributed by atoms with E-state index in [-0.39, 0.29) is 11.7 Å². The highest BCUT2D eigenvalue weighted by atomic mass is 32.1. The normalized spacial score (nSPS) is 12.8. The minimum Gasteiger partial charge on any atom is -0.332 e. The van der Waals surface area contributed by atoms with Crippen LogP contribution in [0.1, 0.15) is 31.8 Å². The standard InChI is InChI=1S/C19H17N3O3S/c1-11-7-8-12(2)15(9-11)20-19(26)21-16(23)10-22-17(24)13-5-3-4-6-14(13)18(22)25/h3-9H,10H2,1-2H3,(H2,20,21,23,26). The number of nitrogens with zero attached hydrogens (tertiary/aromatic N) is 1. The summed E-state index contributed by atoms with van der Waals surface area (Å²) in [5, 5.41) is 5.57. The Balaban J connectivity index is 1.63. The molecule has 2 aromatic carbocycles. The van der Waals surface area contributed by atoms with Gasteiger partial charge in [0.15, 0.2) is 5.11 Å². The Bertz CT molecular complexity index is 904. The second-order valence-corrected chi connectivity index (χ2v) is 6.47. The third-order valence-electron chi connectivity index (χ3n) is 4.07. The van der Waals surface area contributed by atoms with Crippen LogP contribution in [0.3, 0.4) is 0 Å². The molecule has 0 bridgehead atoms. The molecule has 0 aromatic heterocycles. The van der Waals surface area contributed by atoms with Crippen molar-refractivity contribution in [1.82, 2.24) is 10.2 Å². The Morgan fingerprint density at radius 3 is 2.27 bits per heavy atom. The van der Waals surface area contributed by atoms with E-state index in [4.69, 9.17) is 12.2 Å². The van der Waals surface area contributed by atoms with Crippen LogP contribution in [0.5, 0.6) is 0 Å². The maximum atomic E-state index is 12.3. The number of fused-ring (bicyclic) bond motifs is 1. The largest absolute Gasteiger partial charge is 0.332 e. The molecular weight excluding hydrogens is 350 g/mol. The van der Waals surface area contributed by atoms with Crippen molar-refractivity contribution in [3.05, 3.63) is 64.7 Å². The van der Waals surface area contributed by atoms with Gasteiger partial charge >= 0.3 is 0 Å². The Morgan fingerprint density at radius 1 is 1.04 bits per heavy atom. The van der Waals surface area contributed by atoms with Gasteiger partial charge in [-0.2, -0.15) is 0 Å². The lowest BCUT2D eigenvalue weighted by Crippen LogP contribution is -2.43. The monoisotopic (exact) mass is 367 g/mol. The molecule has 6 nitrogen and oxygen atoms in total. The summed E-state index contributed by atoms with van der Waals surface area (Å²) >= 11 is 5.15. The second-order valence-electron chi connectivity index (χ2n) is 6.06. The lowest BCUT2D eigenvalue weighted by atomic mass is 10.1. The van der Waals surface area contributed by atoms with E-state index < -0.39 is 17.7 Å². The van der Waals surface area contributed by atoms with Gasteiger partial charge in [0, 0.05) is 5.69 Å². The van der Waals surface area contributed by atoms with E-state index in [1.54, 1.807) is 24.3 Å². The molecular formula is C19H17N3O3S. The molecule has 0 saturated carbocycles. The van der Waals surface area contributed by atoms with Gasteiger partial charge in [-0.1, -0.05) is 24.3 Å². The van der Waals surface area contributed by atoms with Gasteiger partial charge < -0.3 is 10.6 Å². The predicted octanol–water partition coefficient (Wildman–Crippen LogP) is 2.41. The molecule has 3 rings (SSSR count). The first-order valence-electron chi connectivity index (χ1n) is 8.00. The van der Waals surface area contributed by atoms with Crippen LogP contribution in [-0.4, -0.2) is 34.3 Å². The van der Waals surface area contributed by atoms with E-state index in [0.717, 1.165) is 21.7 Å². The first kappa shape index (κ1) is 17.8. The molecule has 1 aliphatic heterocycles. The van der Waals surface area contributed by atoms with Crippen molar-refractivity contribution in [2.75, 3.05) is 11.9 Å². The highest BCUT2D eigenvalue weighted by molar-refractivity contribution is 7.80. The van der Waals surface area contributed by atoms with Crippen molar-refractivity contribution in [2.45, 2.75) is 13.8 Å². The van der Waals surface area contributed by atoms with Gasteiger partial charge in [-0.05, 0) is 55.4 Å². The first-order valence-corrected chi connectivity index (χ1v) is 8.41. The minimum absolute atomic E-state index is 0.111. The highest BCUT2D eigenvalue weighted by Gasteiger charge is 2.36. The molecule has 0 unspecified atom stereocenters. The molecule has 0 spiro atoms. The van der Waals surface area contributed by atoms with Crippen LogP contribution in [0.25, 0.3) is 0 Å². The van der Waals surface area contributed by atoms with Gasteiger partial charge in [0.2, 0.25) is 5.91 Å². The summed E-state index contributed by atoms with van der Waals surface area (Å²) in [4.78, 5) is 37.7. The summed E-state index contributed by atoms with van der Waals surface area (Å²) in [6.45, 7) is 3.49. The summed E-state index contributed by atoms with van der Waals surface area (Å²) in [7, 11) is 0. The molecule has 1 heterocycles. The third-order valence-corrected chi connectivity index (χ3v) is 4.28. The van der Waals surface area contributed by atoms with Crippen LogP contribution in [0.15, 0.2) is 42.5 Å². The molecule has 7 heteroatoms. The Hall–Kier alpha value is -3.06. The summed E-state index contributed by atoms with van der Waals surface area (Å²) < 4.78 is 0. The van der Waals surface area contributed by atoms with E-state index in [2.05, 4.69) is 10.6 Å². The molecule has 0 aliphatic carbocycles. The SMILES string of the molecule is Cc1ccc(C)c(NC(=S)NC(=O)CN2C(=O)c3ccccc3C2=O)c1. The lowest BCUT2D eigenvalue weighted by molar-refractivity contribution is -0.120. The Labute approximate surface area is 156 Å². The maximum absolute atomic E-state index is 12.3. The van der Waals surface area contributed by atoms with Gasteiger partial charge in [-0.3, -0.25) is 19.3 Å². The fourth-order valence-electron chi connectivity index (χ4n) is 2.72. The quantitative estimate of drug-likeness (QED) is 0.643. The van der Waals surface area contributed by atoms with Gasteiger partial charge in [0.1, 0.15) is 6.54 Å². The summed E-state index contributed by atoms with van der Waals surface area (Å²) in [5.41, 5.74) is 3.43. The highest BCUT2D eigenvalue weighted by Crippen LogP contribution is 2.22. The number of imide groups is 1. The smallest absolute Gasteiger partial charge is 0.262 e. The zero-order chi connectivity index (χ0) is 18.8. The van der Waals surface area contributed by atoms with Crippen molar-refractivity contribution in [3.63, 3.8) is 0 Å². The number of carbonyl (C=O) groups is 3. The molecule has 0 radical (unpaired) electrons. The van der Waals surface area contributed by atoms with Crippen molar-refractivity contribution in [1.29, 1.82) is 0 Å². The number of aryl methyl sites for hydroxylation is 2. The van der Waals surface area contributed by atoms with E-state index in [1.807, 2.05) is 32.0 Å².